The number of oxime groups is 1. The molecule has 0 bridgehead atoms. The molecule has 0 fully saturated rings. The van der Waals surface area contributed by atoms with Crippen LogP contribution in [0, 0.1) is 0 Å². The van der Waals surface area contributed by atoms with Gasteiger partial charge in [0.25, 0.3) is 0 Å². The van der Waals surface area contributed by atoms with Gasteiger partial charge in [0.05, 0.1) is 11.7 Å². The van der Waals surface area contributed by atoms with Gasteiger partial charge in [-0.3, -0.25) is 0 Å². The maximum atomic E-state index is 11.3. The molecule has 2 rings (SSSR count). The Balaban J connectivity index is 0. The Morgan fingerprint density at radius 1 is 1.12 bits per heavy atom. The van der Waals surface area contributed by atoms with Crippen LogP contribution in [0.4, 0.5) is 0 Å². The molecule has 0 spiro atoms. The summed E-state index contributed by atoms with van der Waals surface area (Å²) in [5, 5.41) is 11.1. The Morgan fingerprint density at radius 2 is 1.72 bits per heavy atom. The van der Waals surface area contributed by atoms with E-state index in [2.05, 4.69) is 5.16 Å². The highest BCUT2D eigenvalue weighted by atomic mass is 127. The van der Waals surface area contributed by atoms with Crippen LogP contribution in [-0.4, -0.2) is 23.5 Å². The molecule has 138 valence electrons. The minimum Gasteiger partial charge on any atom is -1.00 e. The fourth-order valence-corrected chi connectivity index (χ4v) is 1.65. The second kappa shape index (κ2) is 13.9. The van der Waals surface area contributed by atoms with Crippen LogP contribution in [-0.2, 0) is 18.8 Å². The number of hydrogen-bond acceptors (Lipinski definition) is 4. The summed E-state index contributed by atoms with van der Waals surface area (Å²) in [7, 11) is 3.79. The lowest BCUT2D eigenvalue weighted by molar-refractivity contribution is -0.672. The third-order valence-electron chi connectivity index (χ3n) is 2.84. The quantitative estimate of drug-likeness (QED) is 0.101. The molecule has 0 aliphatic heterocycles. The molecule has 1 N–H and O–H groups in total. The second-order valence-corrected chi connectivity index (χ2v) is 5.19. The molecule has 2 heterocycles. The maximum Gasteiger partial charge on any atom is 0.338 e. The van der Waals surface area contributed by atoms with E-state index in [1.54, 1.807) is 12.1 Å². The third-order valence-corrected chi connectivity index (χ3v) is 2.84. The number of rotatable bonds is 3. The molecule has 0 radical (unpaired) electrons. The number of aromatic nitrogens is 2. The zero-order valence-corrected chi connectivity index (χ0v) is 18.9. The van der Waals surface area contributed by atoms with Crippen molar-refractivity contribution in [3.63, 3.8) is 0 Å². The van der Waals surface area contributed by atoms with E-state index in [9.17, 15) is 4.79 Å². The second-order valence-electron chi connectivity index (χ2n) is 5.19. The monoisotopic (exact) mass is 571 g/mol. The molecule has 0 aliphatic carbocycles. The van der Waals surface area contributed by atoms with Crippen LogP contribution < -0.4 is 57.1 Å². The van der Waals surface area contributed by atoms with E-state index in [-0.39, 0.29) is 60.0 Å². The van der Waals surface area contributed by atoms with Crippen LogP contribution in [0.5, 0.6) is 0 Å². The van der Waals surface area contributed by atoms with Crippen molar-refractivity contribution in [2.24, 2.45) is 19.3 Å². The highest BCUT2D eigenvalue weighted by Crippen LogP contribution is 2.00. The van der Waals surface area contributed by atoms with Crippen LogP contribution in [0.2, 0.25) is 0 Å². The van der Waals surface area contributed by atoms with Crippen LogP contribution in [0.25, 0.3) is 0 Å². The molecule has 2 aromatic rings. The molecule has 25 heavy (non-hydrogen) atoms. The molecule has 2 aromatic heterocycles. The molecular weight excluding hydrogens is 548 g/mol. The van der Waals surface area contributed by atoms with Crippen molar-refractivity contribution in [1.82, 2.24) is 0 Å². The van der Waals surface area contributed by atoms with Crippen molar-refractivity contribution in [3.05, 3.63) is 60.2 Å². The molecule has 0 atom stereocenters. The van der Waals surface area contributed by atoms with Gasteiger partial charge in [-0.1, -0.05) is 5.16 Å². The van der Waals surface area contributed by atoms with Gasteiger partial charge >= 0.3 is 5.97 Å². The fourth-order valence-electron chi connectivity index (χ4n) is 1.65. The summed E-state index contributed by atoms with van der Waals surface area (Å²) in [6, 6.07) is 9.14. The summed E-state index contributed by atoms with van der Waals surface area (Å²) in [5.41, 5.74) is 1.46. The molecule has 0 amide bonds. The van der Waals surface area contributed by atoms with Crippen molar-refractivity contribution in [2.45, 2.75) is 20.0 Å². The SMILES string of the molecule is CC(C)OC(=O)c1cc[n+](C)cc1.C[n+]1ccccc1C=NO.[I-].[I-]. The Kier molecular flexibility index (Phi) is 14.5. The Morgan fingerprint density at radius 3 is 2.20 bits per heavy atom. The van der Waals surface area contributed by atoms with Crippen LogP contribution in [0.3, 0.4) is 0 Å². The Bertz CT molecular complexity index is 662. The van der Waals surface area contributed by atoms with Gasteiger partial charge in [0.1, 0.15) is 20.3 Å². The summed E-state index contributed by atoms with van der Waals surface area (Å²) in [4.78, 5) is 11.3. The normalized spacial score (nSPS) is 9.48. The van der Waals surface area contributed by atoms with E-state index in [0.29, 0.717) is 5.56 Å². The summed E-state index contributed by atoms with van der Waals surface area (Å²) in [6.07, 6.45) is 6.84. The topological polar surface area (TPSA) is 66.7 Å². The van der Waals surface area contributed by atoms with Gasteiger partial charge in [-0.15, -0.1) is 0 Å². The van der Waals surface area contributed by atoms with Crippen molar-refractivity contribution in [2.75, 3.05) is 0 Å². The zero-order chi connectivity index (χ0) is 17.2. The van der Waals surface area contributed by atoms with Gasteiger partial charge in [0.2, 0.25) is 5.69 Å². The predicted molar refractivity (Wildman–Crippen MR) is 85.2 cm³/mol. The summed E-state index contributed by atoms with van der Waals surface area (Å²) in [6.45, 7) is 3.67. The average molecular weight is 571 g/mol. The number of aryl methyl sites for hydroxylation is 2. The number of carbonyl (C=O) groups excluding carboxylic acids is 1. The lowest BCUT2D eigenvalue weighted by Gasteiger charge is -2.06. The minimum atomic E-state index is -0.268. The highest BCUT2D eigenvalue weighted by Gasteiger charge is 2.09. The first-order valence-corrected chi connectivity index (χ1v) is 7.22. The van der Waals surface area contributed by atoms with E-state index >= 15 is 0 Å². The summed E-state index contributed by atoms with van der Waals surface area (Å²) in [5.74, 6) is -0.268. The first kappa shape index (κ1) is 25.9. The molecule has 0 aromatic carbocycles. The molecule has 8 heteroatoms. The van der Waals surface area contributed by atoms with Crippen LogP contribution in [0.1, 0.15) is 29.9 Å². The molecule has 6 nitrogen and oxygen atoms in total. The smallest absolute Gasteiger partial charge is 0.338 e. The first-order valence-electron chi connectivity index (χ1n) is 7.22. The van der Waals surface area contributed by atoms with Gasteiger partial charge in [0, 0.05) is 24.3 Å². The number of nitrogens with zero attached hydrogens (tertiary/aromatic N) is 3. The minimum absolute atomic E-state index is 0. The summed E-state index contributed by atoms with van der Waals surface area (Å²) < 4.78 is 8.76. The van der Waals surface area contributed by atoms with Gasteiger partial charge in [-0.25, -0.2) is 13.9 Å². The van der Waals surface area contributed by atoms with Gasteiger partial charge in [0.15, 0.2) is 18.6 Å². The number of ether oxygens (including phenoxy) is 1. The lowest BCUT2D eigenvalue weighted by Crippen LogP contribution is -3.00. The van der Waals surface area contributed by atoms with E-state index in [4.69, 9.17) is 9.94 Å². The zero-order valence-electron chi connectivity index (χ0n) is 14.6. The molecule has 0 saturated carbocycles. The van der Waals surface area contributed by atoms with Gasteiger partial charge < -0.3 is 57.9 Å². The molecule has 0 aliphatic rings. The highest BCUT2D eigenvalue weighted by molar-refractivity contribution is 5.89. The van der Waals surface area contributed by atoms with Crippen LogP contribution >= 0.6 is 0 Å². The Labute approximate surface area is 182 Å². The number of halogens is 2. The van der Waals surface area contributed by atoms with Crippen molar-refractivity contribution < 1.29 is 71.8 Å². The molecule has 0 unspecified atom stereocenters. The largest absolute Gasteiger partial charge is 1.00 e. The van der Waals surface area contributed by atoms with Crippen molar-refractivity contribution in [1.29, 1.82) is 0 Å². The van der Waals surface area contributed by atoms with Gasteiger partial charge in [-0.05, 0) is 19.9 Å². The number of carbonyl (C=O) groups is 1. The number of pyridine rings is 2. The predicted octanol–water partition coefficient (Wildman–Crippen LogP) is -4.60. The van der Waals surface area contributed by atoms with Crippen molar-refractivity contribution in [3.8, 4) is 0 Å². The first-order chi connectivity index (χ1) is 10.9. The van der Waals surface area contributed by atoms with Gasteiger partial charge in [-0.2, -0.15) is 0 Å². The van der Waals surface area contributed by atoms with Crippen molar-refractivity contribution >= 4 is 12.2 Å². The average Bonchev–Trinajstić information content (AvgIpc) is 2.50. The number of hydrogen-bond donors (Lipinski definition) is 1. The summed E-state index contributed by atoms with van der Waals surface area (Å²) >= 11 is 0. The lowest BCUT2D eigenvalue weighted by atomic mass is 10.3. The number of esters is 1. The van der Waals surface area contributed by atoms with E-state index in [1.165, 1.54) is 6.21 Å². The van der Waals surface area contributed by atoms with E-state index in [1.807, 2.05) is 73.9 Å². The van der Waals surface area contributed by atoms with Crippen LogP contribution in [0.15, 0.2) is 54.1 Å². The molecular formula is C17H23I2N3O3. The van der Waals surface area contributed by atoms with E-state index < -0.39 is 0 Å². The van der Waals surface area contributed by atoms with E-state index in [0.717, 1.165) is 5.69 Å². The third kappa shape index (κ3) is 10.3. The molecule has 0 saturated heterocycles. The maximum absolute atomic E-state index is 11.3. The fraction of sp³-hybridized carbons (Fsp3) is 0.294. The Hall–Kier alpha value is -1.30. The standard InChI is InChI=1S/C10H14NO2.C7H8N2O.2HI/c1-8(2)13-10(12)9-4-6-11(3)7-5-9;1-9-5-3-2-4-7(9)6-8-10;;/h4-8H,1-3H3;2-6H,1H3;2*1H/q+1;;;/p-1.